The topological polar surface area (TPSA) is 74.2 Å². The molecule has 0 bridgehead atoms. The molecule has 0 aliphatic heterocycles. The molecule has 0 aromatic carbocycles. The number of rotatable bonds is 8. The molecule has 0 fully saturated rings. The van der Waals surface area contributed by atoms with Crippen LogP contribution < -0.4 is 5.73 Å². The Hall–Kier alpha value is -0.940. The Kier molecular flexibility index (Phi) is 6.45. The maximum absolute atomic E-state index is 5.69. The minimum absolute atomic E-state index is 0.257. The summed E-state index contributed by atoms with van der Waals surface area (Å²) in [4.78, 5) is 4.33. The summed E-state index contributed by atoms with van der Waals surface area (Å²) < 4.78 is 10.5. The fourth-order valence-corrected chi connectivity index (χ4v) is 2.15. The predicted molar refractivity (Wildman–Crippen MR) is 74.6 cm³/mol. The molecule has 1 rings (SSSR count). The second-order valence-electron chi connectivity index (χ2n) is 5.92. The van der Waals surface area contributed by atoms with Crippen LogP contribution in [-0.2, 0) is 17.8 Å². The Morgan fingerprint density at radius 1 is 1.32 bits per heavy atom. The second-order valence-corrected chi connectivity index (χ2v) is 5.92. The van der Waals surface area contributed by atoms with Crippen molar-refractivity contribution in [3.05, 3.63) is 11.7 Å². The summed E-state index contributed by atoms with van der Waals surface area (Å²) in [6.45, 7) is 10.5. The summed E-state index contributed by atoms with van der Waals surface area (Å²) in [6, 6.07) is 0. The molecule has 5 heteroatoms. The van der Waals surface area contributed by atoms with E-state index in [2.05, 4.69) is 30.9 Å². The third-order valence-electron chi connectivity index (χ3n) is 3.39. The van der Waals surface area contributed by atoms with Gasteiger partial charge in [-0.1, -0.05) is 25.9 Å². The van der Waals surface area contributed by atoms with Gasteiger partial charge in [0.1, 0.15) is 6.61 Å². The van der Waals surface area contributed by atoms with Crippen molar-refractivity contribution in [2.24, 2.45) is 17.1 Å². The van der Waals surface area contributed by atoms with Crippen LogP contribution in [0.1, 0.15) is 52.3 Å². The molecule has 0 saturated carbocycles. The van der Waals surface area contributed by atoms with Crippen LogP contribution in [-0.4, -0.2) is 23.3 Å². The molecule has 110 valence electrons. The van der Waals surface area contributed by atoms with Gasteiger partial charge >= 0.3 is 0 Å². The molecule has 0 saturated heterocycles. The Morgan fingerprint density at radius 3 is 2.63 bits per heavy atom. The lowest BCUT2D eigenvalue weighted by Gasteiger charge is -2.30. The minimum atomic E-state index is 0.257. The number of nitrogens with two attached hydrogens (primary N) is 1. The van der Waals surface area contributed by atoms with Crippen LogP contribution in [0.2, 0.25) is 0 Å². The first-order valence-corrected chi connectivity index (χ1v) is 7.06. The second kappa shape index (κ2) is 7.60. The first-order chi connectivity index (χ1) is 8.97. The van der Waals surface area contributed by atoms with Crippen molar-refractivity contribution >= 4 is 0 Å². The Morgan fingerprint density at radius 2 is 2.05 bits per heavy atom. The molecule has 0 spiro atoms. The normalized spacial score (nSPS) is 13.7. The van der Waals surface area contributed by atoms with Gasteiger partial charge in [-0.05, 0) is 37.6 Å². The van der Waals surface area contributed by atoms with Crippen LogP contribution in [0.25, 0.3) is 0 Å². The molecule has 0 radical (unpaired) electrons. The molecule has 2 N–H and O–H groups in total. The smallest absolute Gasteiger partial charge is 0.226 e. The fraction of sp³-hybridized carbons (Fsp3) is 0.857. The molecule has 0 amide bonds. The minimum Gasteiger partial charge on any atom is -0.374 e. The lowest BCUT2D eigenvalue weighted by Crippen LogP contribution is -2.24. The van der Waals surface area contributed by atoms with E-state index in [9.17, 15) is 0 Å². The molecule has 1 unspecified atom stereocenters. The highest BCUT2D eigenvalue weighted by Crippen LogP contribution is 2.31. The zero-order valence-electron chi connectivity index (χ0n) is 12.6. The van der Waals surface area contributed by atoms with E-state index in [4.69, 9.17) is 15.0 Å². The van der Waals surface area contributed by atoms with E-state index in [-0.39, 0.29) is 5.41 Å². The van der Waals surface area contributed by atoms with Crippen molar-refractivity contribution in [1.82, 2.24) is 10.1 Å². The molecule has 5 nitrogen and oxygen atoms in total. The summed E-state index contributed by atoms with van der Waals surface area (Å²) in [7, 11) is 0. The van der Waals surface area contributed by atoms with Gasteiger partial charge in [0.15, 0.2) is 5.82 Å². The van der Waals surface area contributed by atoms with Crippen LogP contribution in [0, 0.1) is 11.3 Å². The van der Waals surface area contributed by atoms with E-state index in [1.165, 1.54) is 0 Å². The van der Waals surface area contributed by atoms with Gasteiger partial charge < -0.3 is 15.0 Å². The Labute approximate surface area is 115 Å². The van der Waals surface area contributed by atoms with Gasteiger partial charge in [0.25, 0.3) is 0 Å². The molecule has 0 aliphatic carbocycles. The van der Waals surface area contributed by atoms with Crippen molar-refractivity contribution in [3.8, 4) is 0 Å². The molecule has 1 atom stereocenters. The molecule has 1 heterocycles. The Balaban J connectivity index is 2.47. The van der Waals surface area contributed by atoms with Gasteiger partial charge in [-0.25, -0.2) is 0 Å². The van der Waals surface area contributed by atoms with Crippen LogP contribution in [0.4, 0.5) is 0 Å². The molecule has 1 aromatic heterocycles. The maximum Gasteiger partial charge on any atom is 0.226 e. The summed E-state index contributed by atoms with van der Waals surface area (Å²) in [5.74, 6) is 1.89. The van der Waals surface area contributed by atoms with Gasteiger partial charge in [-0.15, -0.1) is 0 Å². The van der Waals surface area contributed by atoms with Crippen molar-refractivity contribution < 1.29 is 9.26 Å². The van der Waals surface area contributed by atoms with Crippen LogP contribution >= 0.6 is 0 Å². The quantitative estimate of drug-likeness (QED) is 0.785. The molecule has 1 aromatic rings. The first-order valence-electron chi connectivity index (χ1n) is 7.06. The highest BCUT2D eigenvalue weighted by molar-refractivity contribution is 4.86. The zero-order chi connectivity index (χ0) is 14.3. The number of aryl methyl sites for hydroxylation is 1. The van der Waals surface area contributed by atoms with Crippen molar-refractivity contribution in [2.75, 3.05) is 13.2 Å². The number of nitrogens with zero attached hydrogens (tertiary/aromatic N) is 2. The van der Waals surface area contributed by atoms with Crippen molar-refractivity contribution in [1.29, 1.82) is 0 Å². The molecule has 0 aliphatic rings. The predicted octanol–water partition coefficient (Wildman–Crippen LogP) is 2.55. The zero-order valence-corrected chi connectivity index (χ0v) is 12.6. The molecular formula is C14H27N3O2. The largest absolute Gasteiger partial charge is 0.374 e. The molecular weight excluding hydrogens is 242 g/mol. The SMILES string of the molecule is CCOCc1noc(CCC(CCN)C(C)(C)C)n1. The van der Waals surface area contributed by atoms with Gasteiger partial charge in [-0.3, -0.25) is 0 Å². The van der Waals surface area contributed by atoms with Gasteiger partial charge in [0.05, 0.1) is 0 Å². The van der Waals surface area contributed by atoms with Crippen molar-refractivity contribution in [2.45, 2.75) is 53.6 Å². The average Bonchev–Trinajstić information content (AvgIpc) is 2.78. The summed E-state index contributed by atoms with van der Waals surface area (Å²) >= 11 is 0. The van der Waals surface area contributed by atoms with Crippen LogP contribution in [0.3, 0.4) is 0 Å². The van der Waals surface area contributed by atoms with E-state index in [0.717, 1.165) is 25.8 Å². The standard InChI is InChI=1S/C14H27N3O2/c1-5-18-10-12-16-13(19-17-12)7-6-11(8-9-15)14(2,3)4/h11H,5-10,15H2,1-4H3. The van der Waals surface area contributed by atoms with E-state index in [1.54, 1.807) is 0 Å². The number of hydrogen-bond donors (Lipinski definition) is 1. The number of hydrogen-bond acceptors (Lipinski definition) is 5. The van der Waals surface area contributed by atoms with E-state index in [0.29, 0.717) is 30.8 Å². The van der Waals surface area contributed by atoms with Crippen LogP contribution in [0.5, 0.6) is 0 Å². The van der Waals surface area contributed by atoms with Crippen molar-refractivity contribution in [3.63, 3.8) is 0 Å². The van der Waals surface area contributed by atoms with E-state index >= 15 is 0 Å². The van der Waals surface area contributed by atoms with Gasteiger partial charge in [0, 0.05) is 13.0 Å². The third-order valence-corrected chi connectivity index (χ3v) is 3.39. The third kappa shape index (κ3) is 5.70. The monoisotopic (exact) mass is 269 g/mol. The maximum atomic E-state index is 5.69. The van der Waals surface area contributed by atoms with E-state index in [1.807, 2.05) is 6.92 Å². The van der Waals surface area contributed by atoms with E-state index < -0.39 is 0 Å². The lowest BCUT2D eigenvalue weighted by molar-refractivity contribution is 0.126. The Bertz CT molecular complexity index is 358. The summed E-state index contributed by atoms with van der Waals surface area (Å²) in [5, 5.41) is 3.90. The fourth-order valence-electron chi connectivity index (χ4n) is 2.15. The number of ether oxygens (including phenoxy) is 1. The van der Waals surface area contributed by atoms with Gasteiger partial charge in [0.2, 0.25) is 5.89 Å². The lowest BCUT2D eigenvalue weighted by atomic mass is 9.76. The highest BCUT2D eigenvalue weighted by atomic mass is 16.5. The summed E-state index contributed by atoms with van der Waals surface area (Å²) in [5.41, 5.74) is 5.94. The average molecular weight is 269 g/mol. The first kappa shape index (κ1) is 16.1. The van der Waals surface area contributed by atoms with Crippen LogP contribution in [0.15, 0.2) is 4.52 Å². The van der Waals surface area contributed by atoms with Gasteiger partial charge in [-0.2, -0.15) is 4.98 Å². The number of aromatic nitrogens is 2. The summed E-state index contributed by atoms with van der Waals surface area (Å²) in [6.07, 6.45) is 2.86. The highest BCUT2D eigenvalue weighted by Gasteiger charge is 2.24. The molecule has 19 heavy (non-hydrogen) atoms.